The molecule has 0 aliphatic rings. The van der Waals surface area contributed by atoms with E-state index in [2.05, 4.69) is 12.2 Å². The van der Waals surface area contributed by atoms with E-state index >= 15 is 0 Å². The maximum absolute atomic E-state index is 12.2. The number of carbonyl (C=O) groups is 1. The highest BCUT2D eigenvalue weighted by Crippen LogP contribution is 2.25. The molecule has 1 aromatic carbocycles. The molecule has 1 rings (SSSR count). The number of benzene rings is 1. The summed E-state index contributed by atoms with van der Waals surface area (Å²) in [6.45, 7) is 4.86. The molecule has 1 amide bonds. The van der Waals surface area contributed by atoms with Gasteiger partial charge in [-0.1, -0.05) is 121 Å². The Morgan fingerprint density at radius 1 is 0.767 bits per heavy atom. The fraction of sp³-hybridized carbons (Fsp3) is 0.741. The number of phenols is 1. The second kappa shape index (κ2) is 18.3. The topological polar surface area (TPSA) is 49.3 Å². The highest BCUT2D eigenvalue weighted by atomic mass is 16.3. The number of nitrogens with one attached hydrogen (secondary N) is 1. The minimum absolute atomic E-state index is 0.00235. The number of unbranched alkanes of at least 4 members (excludes halogenated alkanes) is 15. The maximum atomic E-state index is 12.2. The summed E-state index contributed by atoms with van der Waals surface area (Å²) in [6.07, 6.45) is 21.7. The molecule has 2 N–H and O–H groups in total. The van der Waals surface area contributed by atoms with Crippen molar-refractivity contribution in [2.24, 2.45) is 0 Å². The lowest BCUT2D eigenvalue weighted by molar-refractivity contribution is -0.122. The van der Waals surface area contributed by atoms with Crippen molar-refractivity contribution in [2.45, 2.75) is 122 Å². The van der Waals surface area contributed by atoms with Crippen LogP contribution in [0.2, 0.25) is 0 Å². The molecule has 0 aliphatic heterocycles. The Balaban J connectivity index is 1.85. The first-order valence-corrected chi connectivity index (χ1v) is 12.7. The molecule has 0 saturated carbocycles. The second-order valence-corrected chi connectivity index (χ2v) is 8.87. The highest BCUT2D eigenvalue weighted by molar-refractivity contribution is 5.83. The first kappa shape index (κ1) is 26.5. The molecule has 3 nitrogen and oxygen atoms in total. The molecule has 30 heavy (non-hydrogen) atoms. The van der Waals surface area contributed by atoms with Crippen molar-refractivity contribution in [2.75, 3.05) is 6.54 Å². The SMILES string of the molecule is CCCCCCCCCCCCCCCCCCNC(=O)C(C)c1ccccc1O. The van der Waals surface area contributed by atoms with Gasteiger partial charge in [0.05, 0.1) is 5.92 Å². The van der Waals surface area contributed by atoms with Gasteiger partial charge in [-0.05, 0) is 19.4 Å². The van der Waals surface area contributed by atoms with Crippen molar-refractivity contribution in [1.29, 1.82) is 0 Å². The van der Waals surface area contributed by atoms with Crippen molar-refractivity contribution in [3.8, 4) is 5.75 Å². The van der Waals surface area contributed by atoms with E-state index in [0.29, 0.717) is 5.56 Å². The summed E-state index contributed by atoms with van der Waals surface area (Å²) < 4.78 is 0. The Hall–Kier alpha value is -1.51. The standard InChI is InChI=1S/C27H47NO2/c1-3-4-5-6-7-8-9-10-11-12-13-14-15-16-17-20-23-28-27(30)24(2)25-21-18-19-22-26(25)29/h18-19,21-22,24,29H,3-17,20,23H2,1-2H3,(H,28,30). The van der Waals surface area contributed by atoms with Gasteiger partial charge >= 0.3 is 0 Å². The fourth-order valence-electron chi connectivity index (χ4n) is 4.03. The van der Waals surface area contributed by atoms with Crippen LogP contribution in [0.5, 0.6) is 5.75 Å². The van der Waals surface area contributed by atoms with E-state index in [4.69, 9.17) is 0 Å². The first-order chi connectivity index (χ1) is 14.7. The lowest BCUT2D eigenvalue weighted by Gasteiger charge is -2.13. The van der Waals surface area contributed by atoms with Gasteiger partial charge in [-0.15, -0.1) is 0 Å². The van der Waals surface area contributed by atoms with Crippen molar-refractivity contribution in [1.82, 2.24) is 5.32 Å². The molecule has 0 aromatic heterocycles. The van der Waals surface area contributed by atoms with Crippen LogP contribution in [0, 0.1) is 0 Å². The van der Waals surface area contributed by atoms with Gasteiger partial charge in [-0.3, -0.25) is 4.79 Å². The molecule has 172 valence electrons. The Bertz CT molecular complexity index is 543. The van der Waals surface area contributed by atoms with Crippen molar-refractivity contribution < 1.29 is 9.90 Å². The van der Waals surface area contributed by atoms with Crippen LogP contribution in [0.15, 0.2) is 24.3 Å². The Morgan fingerprint density at radius 3 is 1.67 bits per heavy atom. The number of hydrogen-bond acceptors (Lipinski definition) is 2. The quantitative estimate of drug-likeness (QED) is 0.225. The van der Waals surface area contributed by atoms with E-state index in [-0.39, 0.29) is 17.6 Å². The normalized spacial score (nSPS) is 12.1. The van der Waals surface area contributed by atoms with Crippen molar-refractivity contribution in [3.05, 3.63) is 29.8 Å². The van der Waals surface area contributed by atoms with Gasteiger partial charge in [0, 0.05) is 12.1 Å². The lowest BCUT2D eigenvalue weighted by Crippen LogP contribution is -2.28. The lowest BCUT2D eigenvalue weighted by atomic mass is 9.99. The van der Waals surface area contributed by atoms with E-state index in [0.717, 1.165) is 13.0 Å². The minimum atomic E-state index is -0.313. The summed E-state index contributed by atoms with van der Waals surface area (Å²) in [5.41, 5.74) is 0.696. The number of para-hydroxylation sites is 1. The largest absolute Gasteiger partial charge is 0.508 e. The van der Waals surface area contributed by atoms with Gasteiger partial charge < -0.3 is 10.4 Å². The van der Waals surface area contributed by atoms with Crippen LogP contribution < -0.4 is 5.32 Å². The van der Waals surface area contributed by atoms with Gasteiger partial charge in [0.2, 0.25) is 5.91 Å². The Morgan fingerprint density at radius 2 is 1.20 bits per heavy atom. The predicted molar refractivity (Wildman–Crippen MR) is 129 cm³/mol. The fourth-order valence-corrected chi connectivity index (χ4v) is 4.03. The van der Waals surface area contributed by atoms with Crippen molar-refractivity contribution in [3.63, 3.8) is 0 Å². The van der Waals surface area contributed by atoms with E-state index in [9.17, 15) is 9.90 Å². The molecule has 0 heterocycles. The highest BCUT2D eigenvalue weighted by Gasteiger charge is 2.17. The molecule has 1 aromatic rings. The monoisotopic (exact) mass is 417 g/mol. The summed E-state index contributed by atoms with van der Waals surface area (Å²) >= 11 is 0. The van der Waals surface area contributed by atoms with E-state index < -0.39 is 0 Å². The smallest absolute Gasteiger partial charge is 0.227 e. The predicted octanol–water partition coefficient (Wildman–Crippen LogP) is 7.87. The van der Waals surface area contributed by atoms with Crippen LogP contribution in [0.4, 0.5) is 0 Å². The summed E-state index contributed by atoms with van der Waals surface area (Å²) in [5.74, 6) is -0.118. The number of aromatic hydroxyl groups is 1. The zero-order valence-electron chi connectivity index (χ0n) is 19.8. The van der Waals surface area contributed by atoms with Gasteiger partial charge in [-0.2, -0.15) is 0 Å². The molecule has 3 heteroatoms. The third kappa shape index (κ3) is 12.9. The Kier molecular flexibility index (Phi) is 16.2. The summed E-state index contributed by atoms with van der Waals surface area (Å²) in [4.78, 5) is 12.2. The molecule has 0 radical (unpaired) electrons. The van der Waals surface area contributed by atoms with Crippen LogP contribution >= 0.6 is 0 Å². The van der Waals surface area contributed by atoms with Crippen LogP contribution in [0.25, 0.3) is 0 Å². The van der Waals surface area contributed by atoms with Gasteiger partial charge in [0.1, 0.15) is 5.75 Å². The van der Waals surface area contributed by atoms with E-state index in [1.165, 1.54) is 96.3 Å². The van der Waals surface area contributed by atoms with Crippen LogP contribution in [0.3, 0.4) is 0 Å². The number of carbonyl (C=O) groups excluding carboxylic acids is 1. The van der Waals surface area contributed by atoms with Gasteiger partial charge in [-0.25, -0.2) is 0 Å². The van der Waals surface area contributed by atoms with Gasteiger partial charge in [0.15, 0.2) is 0 Å². The third-order valence-corrected chi connectivity index (χ3v) is 6.13. The molecule has 0 saturated heterocycles. The molecular weight excluding hydrogens is 370 g/mol. The van der Waals surface area contributed by atoms with Crippen LogP contribution in [-0.4, -0.2) is 17.6 Å². The molecule has 1 unspecified atom stereocenters. The Labute approximate surface area is 186 Å². The van der Waals surface area contributed by atoms with Crippen molar-refractivity contribution >= 4 is 5.91 Å². The average Bonchev–Trinajstić information content (AvgIpc) is 2.75. The summed E-state index contributed by atoms with van der Waals surface area (Å²) in [7, 11) is 0. The summed E-state index contributed by atoms with van der Waals surface area (Å²) in [5, 5.41) is 12.9. The number of hydrogen-bond donors (Lipinski definition) is 2. The molecule has 1 atom stereocenters. The van der Waals surface area contributed by atoms with E-state index in [1.54, 1.807) is 12.1 Å². The minimum Gasteiger partial charge on any atom is -0.508 e. The zero-order valence-corrected chi connectivity index (χ0v) is 19.8. The third-order valence-electron chi connectivity index (χ3n) is 6.13. The van der Waals surface area contributed by atoms with E-state index in [1.807, 2.05) is 19.1 Å². The number of amides is 1. The second-order valence-electron chi connectivity index (χ2n) is 8.87. The average molecular weight is 418 g/mol. The zero-order chi connectivity index (χ0) is 21.9. The molecule has 0 aliphatic carbocycles. The molecule has 0 bridgehead atoms. The van der Waals surface area contributed by atoms with Gasteiger partial charge in [0.25, 0.3) is 0 Å². The molecular formula is C27H47NO2. The maximum Gasteiger partial charge on any atom is 0.227 e. The molecule has 0 spiro atoms. The summed E-state index contributed by atoms with van der Waals surface area (Å²) in [6, 6.07) is 7.08. The first-order valence-electron chi connectivity index (χ1n) is 12.7. The van der Waals surface area contributed by atoms with Crippen LogP contribution in [-0.2, 0) is 4.79 Å². The van der Waals surface area contributed by atoms with Crippen LogP contribution in [0.1, 0.15) is 128 Å². The number of rotatable bonds is 19. The number of phenolic OH excluding ortho intramolecular Hbond substituents is 1. The molecule has 0 fully saturated rings.